The van der Waals surface area contributed by atoms with Crippen LogP contribution >= 0.6 is 0 Å². The summed E-state index contributed by atoms with van der Waals surface area (Å²) >= 11 is 0. The molecule has 1 aliphatic heterocycles. The Labute approximate surface area is 147 Å². The number of aryl methyl sites for hydroxylation is 1. The molecule has 5 heteroatoms. The summed E-state index contributed by atoms with van der Waals surface area (Å²) in [5, 5.41) is 8.54. The molecule has 0 bridgehead atoms. The fraction of sp³-hybridized carbons (Fsp3) is 0.350. The van der Waals surface area contributed by atoms with Crippen molar-refractivity contribution in [3.05, 3.63) is 65.7 Å². The van der Waals surface area contributed by atoms with E-state index in [1.165, 1.54) is 24.0 Å². The molecule has 3 aromatic rings. The van der Waals surface area contributed by atoms with Crippen molar-refractivity contribution < 1.29 is 4.42 Å². The molecule has 0 unspecified atom stereocenters. The minimum absolute atomic E-state index is 0.180. The third kappa shape index (κ3) is 3.61. The van der Waals surface area contributed by atoms with E-state index in [4.69, 9.17) is 4.42 Å². The topological polar surface area (TPSA) is 55.1 Å². The lowest BCUT2D eigenvalue weighted by Gasteiger charge is -2.33. The Hall–Kier alpha value is -2.53. The number of hydrogen-bond acceptors (Lipinski definition) is 5. The maximum Gasteiger partial charge on any atom is 0.266 e. The molecular weight excluding hydrogens is 312 g/mol. The first kappa shape index (κ1) is 16.0. The summed E-state index contributed by atoms with van der Waals surface area (Å²) in [5.74, 6) is 1.20. The van der Waals surface area contributed by atoms with Crippen LogP contribution in [0.5, 0.6) is 0 Å². The Morgan fingerprint density at radius 3 is 2.92 bits per heavy atom. The van der Waals surface area contributed by atoms with Crippen molar-refractivity contribution in [3.8, 4) is 11.6 Å². The van der Waals surface area contributed by atoms with Crippen molar-refractivity contribution in [2.24, 2.45) is 0 Å². The van der Waals surface area contributed by atoms with Gasteiger partial charge in [0.05, 0.1) is 6.04 Å². The van der Waals surface area contributed by atoms with Crippen LogP contribution < -0.4 is 0 Å². The molecule has 2 aromatic heterocycles. The number of rotatable bonds is 4. The zero-order valence-electron chi connectivity index (χ0n) is 14.4. The number of likely N-dealkylation sites (tertiary alicyclic amines) is 1. The molecular formula is C20H22N4O. The molecule has 25 heavy (non-hydrogen) atoms. The van der Waals surface area contributed by atoms with Crippen LogP contribution in [-0.4, -0.2) is 26.6 Å². The van der Waals surface area contributed by atoms with E-state index in [-0.39, 0.29) is 6.04 Å². The number of pyridine rings is 1. The second-order valence-electron chi connectivity index (χ2n) is 6.63. The molecule has 0 amide bonds. The second kappa shape index (κ2) is 7.15. The van der Waals surface area contributed by atoms with E-state index < -0.39 is 0 Å². The lowest BCUT2D eigenvalue weighted by Crippen LogP contribution is -2.33. The molecule has 1 fully saturated rings. The second-order valence-corrected chi connectivity index (χ2v) is 6.63. The van der Waals surface area contributed by atoms with Crippen LogP contribution in [0, 0.1) is 6.92 Å². The predicted octanol–water partition coefficient (Wildman–Crippen LogP) is 4.17. The molecule has 0 saturated carbocycles. The van der Waals surface area contributed by atoms with Crippen LogP contribution in [-0.2, 0) is 6.54 Å². The largest absolute Gasteiger partial charge is 0.418 e. The van der Waals surface area contributed by atoms with Crippen LogP contribution in [0.1, 0.15) is 42.3 Å². The van der Waals surface area contributed by atoms with Gasteiger partial charge in [0.15, 0.2) is 0 Å². The van der Waals surface area contributed by atoms with Gasteiger partial charge in [0.25, 0.3) is 5.89 Å². The molecule has 1 aromatic carbocycles. The van der Waals surface area contributed by atoms with E-state index in [1.807, 2.05) is 18.2 Å². The zero-order valence-corrected chi connectivity index (χ0v) is 14.4. The Morgan fingerprint density at radius 2 is 2.08 bits per heavy atom. The molecule has 3 heterocycles. The standard InChI is InChI=1S/C20H22N4O/c1-15-7-6-8-16(13-15)14-24-12-5-3-10-18(24)20-23-22-19(25-20)17-9-2-4-11-21-17/h2,4,6-9,11,13,18H,3,5,10,12,14H2,1H3/t18-/m1/s1. The Bertz CT molecular complexity index is 830. The van der Waals surface area contributed by atoms with Gasteiger partial charge in [-0.05, 0) is 44.0 Å². The molecule has 1 saturated heterocycles. The van der Waals surface area contributed by atoms with Gasteiger partial charge in [0.1, 0.15) is 5.69 Å². The zero-order chi connectivity index (χ0) is 17.1. The summed E-state index contributed by atoms with van der Waals surface area (Å²) in [5.41, 5.74) is 3.35. The highest BCUT2D eigenvalue weighted by atomic mass is 16.4. The first-order chi connectivity index (χ1) is 12.3. The molecule has 5 nitrogen and oxygen atoms in total. The van der Waals surface area contributed by atoms with E-state index >= 15 is 0 Å². The summed E-state index contributed by atoms with van der Waals surface area (Å²) in [4.78, 5) is 6.75. The Morgan fingerprint density at radius 1 is 1.12 bits per heavy atom. The summed E-state index contributed by atoms with van der Waals surface area (Å²) < 4.78 is 5.97. The van der Waals surface area contributed by atoms with Crippen molar-refractivity contribution in [3.63, 3.8) is 0 Å². The third-order valence-corrected chi connectivity index (χ3v) is 4.69. The number of piperidine rings is 1. The minimum Gasteiger partial charge on any atom is -0.418 e. The average molecular weight is 334 g/mol. The van der Waals surface area contributed by atoms with Gasteiger partial charge in [-0.25, -0.2) is 0 Å². The number of nitrogens with zero attached hydrogens (tertiary/aromatic N) is 4. The van der Waals surface area contributed by atoms with Gasteiger partial charge in [0, 0.05) is 12.7 Å². The summed E-state index contributed by atoms with van der Waals surface area (Å²) in [6, 6.07) is 14.6. The highest BCUT2D eigenvalue weighted by Gasteiger charge is 2.28. The third-order valence-electron chi connectivity index (χ3n) is 4.69. The quantitative estimate of drug-likeness (QED) is 0.717. The van der Waals surface area contributed by atoms with Crippen LogP contribution in [0.2, 0.25) is 0 Å². The molecule has 0 N–H and O–H groups in total. The number of hydrogen-bond donors (Lipinski definition) is 0. The van der Waals surface area contributed by atoms with Crippen LogP contribution in [0.25, 0.3) is 11.6 Å². The maximum absolute atomic E-state index is 5.97. The van der Waals surface area contributed by atoms with Crippen molar-refractivity contribution in [1.82, 2.24) is 20.1 Å². The fourth-order valence-electron chi connectivity index (χ4n) is 3.47. The molecule has 4 rings (SSSR count). The minimum atomic E-state index is 0.180. The van der Waals surface area contributed by atoms with Crippen molar-refractivity contribution in [2.75, 3.05) is 6.54 Å². The summed E-state index contributed by atoms with van der Waals surface area (Å²) in [6.07, 6.45) is 5.19. The lowest BCUT2D eigenvalue weighted by atomic mass is 10.0. The molecule has 1 aliphatic rings. The molecule has 0 aliphatic carbocycles. The van der Waals surface area contributed by atoms with Crippen molar-refractivity contribution in [1.29, 1.82) is 0 Å². The monoisotopic (exact) mass is 334 g/mol. The first-order valence-electron chi connectivity index (χ1n) is 8.84. The van der Waals surface area contributed by atoms with E-state index in [0.717, 1.165) is 25.2 Å². The van der Waals surface area contributed by atoms with Crippen molar-refractivity contribution in [2.45, 2.75) is 38.8 Å². The van der Waals surface area contributed by atoms with Crippen LogP contribution in [0.15, 0.2) is 53.1 Å². The van der Waals surface area contributed by atoms with Crippen molar-refractivity contribution >= 4 is 0 Å². The van der Waals surface area contributed by atoms with Crippen LogP contribution in [0.4, 0.5) is 0 Å². The molecule has 0 radical (unpaired) electrons. The number of benzene rings is 1. The van der Waals surface area contributed by atoms with E-state index in [9.17, 15) is 0 Å². The van der Waals surface area contributed by atoms with E-state index in [0.29, 0.717) is 11.8 Å². The van der Waals surface area contributed by atoms with Gasteiger partial charge in [0.2, 0.25) is 5.89 Å². The van der Waals surface area contributed by atoms with Gasteiger partial charge >= 0.3 is 0 Å². The van der Waals surface area contributed by atoms with Gasteiger partial charge in [-0.2, -0.15) is 0 Å². The van der Waals surface area contributed by atoms with Crippen LogP contribution in [0.3, 0.4) is 0 Å². The number of aromatic nitrogens is 3. The Balaban J connectivity index is 1.56. The molecule has 0 spiro atoms. The van der Waals surface area contributed by atoms with Gasteiger partial charge in [-0.15, -0.1) is 10.2 Å². The summed E-state index contributed by atoms with van der Waals surface area (Å²) in [7, 11) is 0. The first-order valence-corrected chi connectivity index (χ1v) is 8.84. The fourth-order valence-corrected chi connectivity index (χ4v) is 3.47. The van der Waals surface area contributed by atoms with Gasteiger partial charge in [-0.3, -0.25) is 9.88 Å². The summed E-state index contributed by atoms with van der Waals surface area (Å²) in [6.45, 7) is 4.10. The SMILES string of the molecule is Cc1cccc(CN2CCCC[C@@H]2c2nnc(-c3ccccn3)o2)c1. The highest BCUT2D eigenvalue weighted by Crippen LogP contribution is 2.32. The van der Waals surface area contributed by atoms with Gasteiger partial charge < -0.3 is 4.42 Å². The smallest absolute Gasteiger partial charge is 0.266 e. The normalized spacial score (nSPS) is 18.4. The average Bonchev–Trinajstić information content (AvgIpc) is 3.13. The lowest BCUT2D eigenvalue weighted by molar-refractivity contribution is 0.118. The predicted molar refractivity (Wildman–Crippen MR) is 95.7 cm³/mol. The Kier molecular flexibility index (Phi) is 4.57. The van der Waals surface area contributed by atoms with E-state index in [2.05, 4.69) is 51.3 Å². The maximum atomic E-state index is 5.97. The highest BCUT2D eigenvalue weighted by molar-refractivity contribution is 5.45. The molecule has 128 valence electrons. The molecule has 1 atom stereocenters. The van der Waals surface area contributed by atoms with E-state index in [1.54, 1.807) is 6.20 Å². The van der Waals surface area contributed by atoms with Gasteiger partial charge in [-0.1, -0.05) is 42.3 Å².